The molecule has 4 fully saturated rings. The van der Waals surface area contributed by atoms with E-state index >= 15 is 0 Å². The molecule has 0 aliphatic heterocycles. The first kappa shape index (κ1) is 22.4. The highest BCUT2D eigenvalue weighted by molar-refractivity contribution is 6.03. The third-order valence-electron chi connectivity index (χ3n) is 7.88. The summed E-state index contributed by atoms with van der Waals surface area (Å²) in [5.74, 6) is 1.88. The molecule has 4 bridgehead atoms. The van der Waals surface area contributed by atoms with Gasteiger partial charge in [-0.2, -0.15) is 0 Å². The summed E-state index contributed by atoms with van der Waals surface area (Å²) in [5.41, 5.74) is 1.03. The number of carbonyl (C=O) groups excluding carboxylic acids is 2. The molecule has 1 aromatic rings. The van der Waals surface area contributed by atoms with E-state index in [4.69, 9.17) is 9.47 Å². The average molecular weight is 427 g/mol. The van der Waals surface area contributed by atoms with E-state index in [-0.39, 0.29) is 0 Å². The van der Waals surface area contributed by atoms with Crippen LogP contribution in [0.1, 0.15) is 105 Å². The fourth-order valence-electron chi connectivity index (χ4n) is 6.82. The van der Waals surface area contributed by atoms with Crippen LogP contribution in [0.25, 0.3) is 0 Å². The molecule has 0 amide bonds. The summed E-state index contributed by atoms with van der Waals surface area (Å²) in [6, 6.07) is 6.88. The fourth-order valence-corrected chi connectivity index (χ4v) is 6.82. The lowest BCUT2D eigenvalue weighted by Gasteiger charge is -2.57. The molecule has 0 atom stereocenters. The zero-order valence-electron chi connectivity index (χ0n) is 19.1. The maximum absolute atomic E-state index is 12.8. The van der Waals surface area contributed by atoms with E-state index in [0.29, 0.717) is 29.8 Å². The van der Waals surface area contributed by atoms with Crippen molar-refractivity contribution in [1.82, 2.24) is 0 Å². The summed E-state index contributed by atoms with van der Waals surface area (Å²) in [5, 5.41) is 0. The van der Waals surface area contributed by atoms with Crippen LogP contribution in [0.15, 0.2) is 24.3 Å². The van der Waals surface area contributed by atoms with Crippen LogP contribution in [0.5, 0.6) is 0 Å². The molecule has 31 heavy (non-hydrogen) atoms. The number of carbonyl (C=O) groups is 2. The Balaban J connectivity index is 1.26. The smallest absolute Gasteiger partial charge is 0.339 e. The SMILES string of the molecule is CCCCCCCOC(=O)c1ccccc1C(=O)OCCC12CC3CC(CC(C3)C1)C2. The molecule has 5 rings (SSSR count). The van der Waals surface area contributed by atoms with Crippen molar-refractivity contribution in [3.63, 3.8) is 0 Å². The van der Waals surface area contributed by atoms with E-state index in [0.717, 1.165) is 37.0 Å². The Morgan fingerprint density at radius 1 is 0.806 bits per heavy atom. The quantitative estimate of drug-likeness (QED) is 0.296. The Labute approximate surface area is 187 Å². The van der Waals surface area contributed by atoms with Gasteiger partial charge in [-0.05, 0) is 86.7 Å². The van der Waals surface area contributed by atoms with Crippen molar-refractivity contribution in [1.29, 1.82) is 0 Å². The molecule has 4 aliphatic rings. The largest absolute Gasteiger partial charge is 0.462 e. The molecule has 0 spiro atoms. The van der Waals surface area contributed by atoms with Gasteiger partial charge in [-0.25, -0.2) is 9.59 Å². The highest BCUT2D eigenvalue weighted by Gasteiger charge is 2.50. The number of rotatable bonds is 11. The van der Waals surface area contributed by atoms with Crippen molar-refractivity contribution < 1.29 is 19.1 Å². The van der Waals surface area contributed by atoms with E-state index in [1.807, 2.05) is 0 Å². The van der Waals surface area contributed by atoms with Gasteiger partial charge < -0.3 is 9.47 Å². The summed E-state index contributed by atoms with van der Waals surface area (Å²) in [4.78, 5) is 25.3. The Hall–Kier alpha value is -1.84. The van der Waals surface area contributed by atoms with Crippen LogP contribution in [0.2, 0.25) is 0 Å². The number of benzene rings is 1. The standard InChI is InChI=1S/C27H38O4/c1-2-3-4-5-8-12-30-25(28)23-9-6-7-10-24(23)26(29)31-13-11-27-17-20-14-21(18-27)16-22(15-20)19-27/h6-7,9-10,20-22H,2-5,8,11-19H2,1H3. The first-order chi connectivity index (χ1) is 15.1. The van der Waals surface area contributed by atoms with Gasteiger partial charge in [-0.1, -0.05) is 44.7 Å². The van der Waals surface area contributed by atoms with Gasteiger partial charge in [0.15, 0.2) is 0 Å². The molecular formula is C27H38O4. The molecule has 0 radical (unpaired) electrons. The second-order valence-electron chi connectivity index (χ2n) is 10.4. The van der Waals surface area contributed by atoms with E-state index in [1.165, 1.54) is 57.8 Å². The summed E-state index contributed by atoms with van der Waals surface area (Å²) >= 11 is 0. The van der Waals surface area contributed by atoms with Gasteiger partial charge in [0.2, 0.25) is 0 Å². The lowest BCUT2D eigenvalue weighted by molar-refractivity contribution is -0.0653. The Bertz CT molecular complexity index is 733. The molecule has 4 saturated carbocycles. The second-order valence-corrected chi connectivity index (χ2v) is 10.4. The lowest BCUT2D eigenvalue weighted by atomic mass is 9.49. The van der Waals surface area contributed by atoms with Crippen molar-refractivity contribution in [2.75, 3.05) is 13.2 Å². The second kappa shape index (κ2) is 10.2. The zero-order valence-corrected chi connectivity index (χ0v) is 19.1. The first-order valence-electron chi connectivity index (χ1n) is 12.5. The van der Waals surface area contributed by atoms with Crippen molar-refractivity contribution in [2.45, 2.75) is 84.0 Å². The number of unbranched alkanes of at least 4 members (excludes halogenated alkanes) is 4. The topological polar surface area (TPSA) is 52.6 Å². The van der Waals surface area contributed by atoms with Gasteiger partial charge >= 0.3 is 11.9 Å². The van der Waals surface area contributed by atoms with Crippen LogP contribution in [-0.4, -0.2) is 25.2 Å². The van der Waals surface area contributed by atoms with Crippen LogP contribution in [-0.2, 0) is 9.47 Å². The third-order valence-corrected chi connectivity index (χ3v) is 7.88. The zero-order chi connectivity index (χ0) is 21.7. The minimum atomic E-state index is -0.427. The highest BCUT2D eigenvalue weighted by atomic mass is 16.5. The van der Waals surface area contributed by atoms with Crippen LogP contribution in [0.3, 0.4) is 0 Å². The number of esters is 2. The molecule has 1 aromatic carbocycles. The minimum Gasteiger partial charge on any atom is -0.462 e. The Morgan fingerprint density at radius 3 is 1.87 bits per heavy atom. The van der Waals surface area contributed by atoms with Gasteiger partial charge in [0, 0.05) is 0 Å². The van der Waals surface area contributed by atoms with Gasteiger partial charge in [-0.15, -0.1) is 0 Å². The molecule has 4 nitrogen and oxygen atoms in total. The average Bonchev–Trinajstić information content (AvgIpc) is 2.75. The maximum Gasteiger partial charge on any atom is 0.339 e. The highest BCUT2D eigenvalue weighted by Crippen LogP contribution is 2.61. The molecule has 0 heterocycles. The third kappa shape index (κ3) is 5.51. The lowest BCUT2D eigenvalue weighted by Crippen LogP contribution is -2.46. The van der Waals surface area contributed by atoms with Crippen LogP contribution >= 0.6 is 0 Å². The fraction of sp³-hybridized carbons (Fsp3) is 0.704. The van der Waals surface area contributed by atoms with Gasteiger partial charge in [-0.3, -0.25) is 0 Å². The summed E-state index contributed by atoms with van der Waals surface area (Å²) in [7, 11) is 0. The summed E-state index contributed by atoms with van der Waals surface area (Å²) in [6.45, 7) is 3.03. The molecule has 0 unspecified atom stereocenters. The van der Waals surface area contributed by atoms with E-state index in [2.05, 4.69) is 6.92 Å². The molecule has 0 N–H and O–H groups in total. The van der Waals surface area contributed by atoms with Crippen LogP contribution < -0.4 is 0 Å². The number of hydrogen-bond acceptors (Lipinski definition) is 4. The van der Waals surface area contributed by atoms with Gasteiger partial charge in [0.25, 0.3) is 0 Å². The molecular weight excluding hydrogens is 388 g/mol. The Kier molecular flexibility index (Phi) is 7.35. The molecule has 4 heteroatoms. The van der Waals surface area contributed by atoms with Crippen molar-refractivity contribution in [2.24, 2.45) is 23.2 Å². The van der Waals surface area contributed by atoms with Crippen molar-refractivity contribution in [3.05, 3.63) is 35.4 Å². The number of ether oxygens (including phenoxy) is 2. The van der Waals surface area contributed by atoms with Crippen molar-refractivity contribution in [3.8, 4) is 0 Å². The predicted molar refractivity (Wildman–Crippen MR) is 121 cm³/mol. The summed E-state index contributed by atoms with van der Waals surface area (Å²) < 4.78 is 11.1. The molecule has 170 valence electrons. The molecule has 0 aromatic heterocycles. The maximum atomic E-state index is 12.8. The number of hydrogen-bond donors (Lipinski definition) is 0. The first-order valence-corrected chi connectivity index (χ1v) is 12.5. The van der Waals surface area contributed by atoms with Crippen molar-refractivity contribution >= 4 is 11.9 Å². The monoisotopic (exact) mass is 426 g/mol. The Morgan fingerprint density at radius 2 is 1.32 bits per heavy atom. The molecule has 0 saturated heterocycles. The van der Waals surface area contributed by atoms with E-state index in [9.17, 15) is 9.59 Å². The van der Waals surface area contributed by atoms with Gasteiger partial charge in [0.05, 0.1) is 24.3 Å². The van der Waals surface area contributed by atoms with E-state index in [1.54, 1.807) is 24.3 Å². The van der Waals surface area contributed by atoms with E-state index < -0.39 is 11.9 Å². The summed E-state index contributed by atoms with van der Waals surface area (Å²) in [6.07, 6.45) is 14.7. The molecule has 4 aliphatic carbocycles. The van der Waals surface area contributed by atoms with Crippen LogP contribution in [0.4, 0.5) is 0 Å². The van der Waals surface area contributed by atoms with Gasteiger partial charge in [0.1, 0.15) is 0 Å². The predicted octanol–water partition coefficient (Wildman–Crippen LogP) is 6.58. The van der Waals surface area contributed by atoms with Crippen LogP contribution in [0, 0.1) is 23.2 Å². The minimum absolute atomic E-state index is 0.316. The normalized spacial score (nSPS) is 28.5.